The predicted octanol–water partition coefficient (Wildman–Crippen LogP) is 6.36. The molecule has 0 aromatic carbocycles. The summed E-state index contributed by atoms with van der Waals surface area (Å²) in [7, 11) is 1.95. The Morgan fingerprint density at radius 1 is 0.857 bits per heavy atom. The van der Waals surface area contributed by atoms with E-state index in [2.05, 4.69) is 13.8 Å². The zero-order valence-electron chi connectivity index (χ0n) is 14.8. The van der Waals surface area contributed by atoms with E-state index in [4.69, 9.17) is 4.74 Å². The smallest absolute Gasteiger partial charge is 0.0679 e. The Kier molecular flexibility index (Phi) is 7.05. The summed E-state index contributed by atoms with van der Waals surface area (Å²) in [5.74, 6) is 3.11. The van der Waals surface area contributed by atoms with Crippen molar-refractivity contribution < 1.29 is 4.74 Å². The molecule has 2 aliphatic rings. The SMILES string of the molecule is CCCCC1(OC)CCC(C2CCC(CCC)CC2)CC1. The van der Waals surface area contributed by atoms with E-state index in [1.54, 1.807) is 0 Å². The minimum Gasteiger partial charge on any atom is -0.378 e. The number of hydrogen-bond donors (Lipinski definition) is 0. The maximum absolute atomic E-state index is 5.97. The van der Waals surface area contributed by atoms with Gasteiger partial charge in [-0.25, -0.2) is 0 Å². The molecule has 0 saturated heterocycles. The highest BCUT2D eigenvalue weighted by atomic mass is 16.5. The quantitative estimate of drug-likeness (QED) is 0.531. The third-order valence-corrected chi connectivity index (χ3v) is 6.62. The zero-order valence-corrected chi connectivity index (χ0v) is 14.8. The molecule has 0 radical (unpaired) electrons. The van der Waals surface area contributed by atoms with Crippen molar-refractivity contribution in [1.82, 2.24) is 0 Å². The van der Waals surface area contributed by atoms with E-state index < -0.39 is 0 Å². The Labute approximate surface area is 133 Å². The molecule has 2 aliphatic carbocycles. The fourth-order valence-corrected chi connectivity index (χ4v) is 5.05. The number of hydrogen-bond acceptors (Lipinski definition) is 1. The fraction of sp³-hybridized carbons (Fsp3) is 1.00. The van der Waals surface area contributed by atoms with Crippen molar-refractivity contribution in [2.45, 2.75) is 103 Å². The molecule has 0 aromatic rings. The van der Waals surface area contributed by atoms with Crippen LogP contribution in [0.5, 0.6) is 0 Å². The highest BCUT2D eigenvalue weighted by molar-refractivity contribution is 4.90. The molecule has 1 heteroatoms. The van der Waals surface area contributed by atoms with Gasteiger partial charge in [0.2, 0.25) is 0 Å². The van der Waals surface area contributed by atoms with Crippen molar-refractivity contribution in [2.24, 2.45) is 17.8 Å². The Hall–Kier alpha value is -0.0400. The average molecular weight is 295 g/mol. The van der Waals surface area contributed by atoms with E-state index in [1.807, 2.05) is 7.11 Å². The van der Waals surface area contributed by atoms with Gasteiger partial charge >= 0.3 is 0 Å². The van der Waals surface area contributed by atoms with Crippen LogP contribution in [0, 0.1) is 17.8 Å². The monoisotopic (exact) mass is 294 g/mol. The van der Waals surface area contributed by atoms with Gasteiger partial charge in [-0.3, -0.25) is 0 Å². The largest absolute Gasteiger partial charge is 0.378 e. The third kappa shape index (κ3) is 4.71. The topological polar surface area (TPSA) is 9.23 Å². The summed E-state index contributed by atoms with van der Waals surface area (Å²) in [6.07, 6.45) is 18.4. The van der Waals surface area contributed by atoms with Crippen LogP contribution in [0.15, 0.2) is 0 Å². The lowest BCUT2D eigenvalue weighted by Gasteiger charge is -2.43. The normalized spacial score (nSPS) is 37.6. The number of unbranched alkanes of at least 4 members (excludes halogenated alkanes) is 1. The van der Waals surface area contributed by atoms with Gasteiger partial charge < -0.3 is 4.74 Å². The van der Waals surface area contributed by atoms with Crippen LogP contribution < -0.4 is 0 Å². The van der Waals surface area contributed by atoms with Crippen LogP contribution in [0.1, 0.15) is 97.3 Å². The molecule has 0 atom stereocenters. The standard InChI is InChI=1S/C20H38O/c1-4-6-14-20(21-3)15-12-19(13-16-20)18-10-8-17(7-5-2)9-11-18/h17-19H,4-16H2,1-3H3. The number of methoxy groups -OCH3 is 1. The van der Waals surface area contributed by atoms with Gasteiger partial charge in [-0.2, -0.15) is 0 Å². The summed E-state index contributed by atoms with van der Waals surface area (Å²) >= 11 is 0. The fourth-order valence-electron chi connectivity index (χ4n) is 5.05. The lowest BCUT2D eigenvalue weighted by molar-refractivity contribution is -0.0637. The maximum atomic E-state index is 5.97. The minimum atomic E-state index is 0.242. The third-order valence-electron chi connectivity index (χ3n) is 6.62. The van der Waals surface area contributed by atoms with Gasteiger partial charge in [0.25, 0.3) is 0 Å². The highest BCUT2D eigenvalue weighted by Gasteiger charge is 2.37. The summed E-state index contributed by atoms with van der Waals surface area (Å²) in [5, 5.41) is 0. The van der Waals surface area contributed by atoms with Crippen LogP contribution in [0.4, 0.5) is 0 Å². The molecule has 0 N–H and O–H groups in total. The van der Waals surface area contributed by atoms with Crippen LogP contribution in [0.2, 0.25) is 0 Å². The van der Waals surface area contributed by atoms with Crippen LogP contribution in [0.3, 0.4) is 0 Å². The van der Waals surface area contributed by atoms with Crippen molar-refractivity contribution in [3.63, 3.8) is 0 Å². The first-order valence-corrected chi connectivity index (χ1v) is 9.78. The van der Waals surface area contributed by atoms with E-state index in [9.17, 15) is 0 Å². The van der Waals surface area contributed by atoms with Crippen LogP contribution in [-0.4, -0.2) is 12.7 Å². The van der Waals surface area contributed by atoms with Crippen molar-refractivity contribution in [3.05, 3.63) is 0 Å². The van der Waals surface area contributed by atoms with Gasteiger partial charge in [-0.05, 0) is 62.7 Å². The van der Waals surface area contributed by atoms with Gasteiger partial charge in [0.1, 0.15) is 0 Å². The first-order valence-electron chi connectivity index (χ1n) is 9.78. The lowest BCUT2D eigenvalue weighted by atomic mass is 9.67. The van der Waals surface area contributed by atoms with Crippen molar-refractivity contribution >= 4 is 0 Å². The van der Waals surface area contributed by atoms with Crippen molar-refractivity contribution in [3.8, 4) is 0 Å². The summed E-state index contributed by atoms with van der Waals surface area (Å²) < 4.78 is 5.97. The zero-order chi connectivity index (χ0) is 15.1. The lowest BCUT2D eigenvalue weighted by Crippen LogP contribution is -2.38. The molecule has 0 bridgehead atoms. The highest BCUT2D eigenvalue weighted by Crippen LogP contribution is 2.45. The maximum Gasteiger partial charge on any atom is 0.0679 e. The molecule has 0 heterocycles. The van der Waals surface area contributed by atoms with Crippen molar-refractivity contribution in [2.75, 3.05) is 7.11 Å². The molecule has 124 valence electrons. The number of ether oxygens (including phenoxy) is 1. The molecule has 0 amide bonds. The summed E-state index contributed by atoms with van der Waals surface area (Å²) in [6, 6.07) is 0. The van der Waals surface area contributed by atoms with Gasteiger partial charge in [-0.1, -0.05) is 52.4 Å². The number of rotatable bonds is 7. The van der Waals surface area contributed by atoms with Gasteiger partial charge in [0.05, 0.1) is 5.60 Å². The Bertz CT molecular complexity index is 270. The first-order chi connectivity index (χ1) is 10.2. The molecule has 2 rings (SSSR count). The first kappa shape index (κ1) is 17.3. The Morgan fingerprint density at radius 2 is 1.48 bits per heavy atom. The van der Waals surface area contributed by atoms with E-state index in [0.29, 0.717) is 0 Å². The second kappa shape index (κ2) is 8.56. The van der Waals surface area contributed by atoms with E-state index in [0.717, 1.165) is 17.8 Å². The molecule has 0 aromatic heterocycles. The Balaban J connectivity index is 1.76. The molecule has 0 unspecified atom stereocenters. The van der Waals surface area contributed by atoms with Gasteiger partial charge in [0.15, 0.2) is 0 Å². The van der Waals surface area contributed by atoms with E-state index in [1.165, 1.54) is 83.5 Å². The Morgan fingerprint density at radius 3 is 2.00 bits per heavy atom. The molecular formula is C20H38O. The molecule has 21 heavy (non-hydrogen) atoms. The summed E-state index contributed by atoms with van der Waals surface area (Å²) in [5.41, 5.74) is 0.242. The second-order valence-corrected chi connectivity index (χ2v) is 7.90. The summed E-state index contributed by atoms with van der Waals surface area (Å²) in [6.45, 7) is 4.64. The second-order valence-electron chi connectivity index (χ2n) is 7.90. The molecular weight excluding hydrogens is 256 g/mol. The molecule has 1 nitrogen and oxygen atoms in total. The van der Waals surface area contributed by atoms with Gasteiger partial charge in [-0.15, -0.1) is 0 Å². The predicted molar refractivity (Wildman–Crippen MR) is 91.6 cm³/mol. The summed E-state index contributed by atoms with van der Waals surface area (Å²) in [4.78, 5) is 0. The van der Waals surface area contributed by atoms with Crippen LogP contribution in [-0.2, 0) is 4.74 Å². The van der Waals surface area contributed by atoms with E-state index >= 15 is 0 Å². The molecule has 0 aliphatic heterocycles. The minimum absolute atomic E-state index is 0.242. The molecule has 2 saturated carbocycles. The average Bonchev–Trinajstić information content (AvgIpc) is 2.55. The molecule has 2 fully saturated rings. The van der Waals surface area contributed by atoms with Crippen LogP contribution >= 0.6 is 0 Å². The molecule has 0 spiro atoms. The van der Waals surface area contributed by atoms with E-state index in [-0.39, 0.29) is 5.60 Å². The van der Waals surface area contributed by atoms with Crippen LogP contribution in [0.25, 0.3) is 0 Å². The van der Waals surface area contributed by atoms with Crippen molar-refractivity contribution in [1.29, 1.82) is 0 Å². The van der Waals surface area contributed by atoms with Gasteiger partial charge in [0, 0.05) is 7.11 Å².